The number of aryl methyl sites for hydroxylation is 8. The molecule has 0 saturated heterocycles. The lowest BCUT2D eigenvalue weighted by molar-refractivity contribution is 0.0980. The average Bonchev–Trinajstić information content (AvgIpc) is 4.52. The van der Waals surface area contributed by atoms with Gasteiger partial charge in [0, 0.05) is 133 Å². The van der Waals surface area contributed by atoms with E-state index >= 15 is 0 Å². The molecular formula is C57H67Cl3N22O5. The van der Waals surface area contributed by atoms with Crippen LogP contribution in [0.1, 0.15) is 88.2 Å². The van der Waals surface area contributed by atoms with Crippen molar-refractivity contribution in [1.29, 1.82) is 0 Å². The molecule has 0 spiro atoms. The van der Waals surface area contributed by atoms with Crippen LogP contribution in [0.15, 0.2) is 92.2 Å². The Morgan fingerprint density at radius 1 is 0.506 bits per heavy atom. The van der Waals surface area contributed by atoms with E-state index in [2.05, 4.69) is 76.3 Å². The van der Waals surface area contributed by atoms with Gasteiger partial charge in [0.25, 0.3) is 0 Å². The van der Waals surface area contributed by atoms with E-state index in [9.17, 15) is 14.4 Å². The molecule has 27 nitrogen and oxygen atoms in total. The van der Waals surface area contributed by atoms with Gasteiger partial charge in [-0.3, -0.25) is 37.8 Å². The van der Waals surface area contributed by atoms with Crippen LogP contribution in [0.25, 0.3) is 22.8 Å². The van der Waals surface area contributed by atoms with Gasteiger partial charge in [0.1, 0.15) is 35.3 Å². The molecular weight excluding hydrogens is 1180 g/mol. The van der Waals surface area contributed by atoms with Gasteiger partial charge in [-0.05, 0) is 39.0 Å². The van der Waals surface area contributed by atoms with Crippen molar-refractivity contribution >= 4 is 98.6 Å². The van der Waals surface area contributed by atoms with Crippen LogP contribution < -0.4 is 36.9 Å². The number of hydrogen-bond acceptors (Lipinski definition) is 22. The van der Waals surface area contributed by atoms with Crippen LogP contribution in [0.2, 0.25) is 15.2 Å². The summed E-state index contributed by atoms with van der Waals surface area (Å²) in [6.45, 7) is 11.3. The number of rotatable bonds is 16. The molecule has 10 rings (SSSR count). The summed E-state index contributed by atoms with van der Waals surface area (Å²) in [6.07, 6.45) is 12.1. The first-order valence-electron chi connectivity index (χ1n) is 26.7. The zero-order valence-electron chi connectivity index (χ0n) is 50.2. The van der Waals surface area contributed by atoms with Crippen LogP contribution in [-0.4, -0.2) is 115 Å². The molecule has 7 N–H and O–H groups in total. The second-order valence-corrected chi connectivity index (χ2v) is 20.0. The Hall–Kier alpha value is -9.86. The number of carbonyl (C=O) groups excluding carboxylic acids is 3. The van der Waals surface area contributed by atoms with Gasteiger partial charge < -0.3 is 36.9 Å². The van der Waals surface area contributed by atoms with Gasteiger partial charge in [-0.2, -0.15) is 25.5 Å². The molecule has 0 fully saturated rings. The van der Waals surface area contributed by atoms with E-state index in [1.54, 1.807) is 128 Å². The second-order valence-electron chi connectivity index (χ2n) is 18.8. The smallest absolute Gasteiger partial charge is 0.185 e. The highest BCUT2D eigenvalue weighted by Crippen LogP contribution is 2.36. The zero-order chi connectivity index (χ0) is 63.6. The number of hydrogen-bond donors (Lipinski definition) is 5. The van der Waals surface area contributed by atoms with E-state index in [0.717, 1.165) is 22.6 Å². The molecule has 10 aromatic rings. The average molecular weight is 1250 g/mol. The summed E-state index contributed by atoms with van der Waals surface area (Å²) in [4.78, 5) is 64.5. The van der Waals surface area contributed by atoms with Crippen LogP contribution in [0.3, 0.4) is 0 Å². The standard InChI is InChI=1S/C22H25N9O2.C13H15ClN4O.C9H11N5O.C8H7Cl2NO.C5H9N3/c1-6-17(32)15-11-24-18(27-19-9-13(2)31(4)28-19)10-16(15)26-22-20(33-5)14(7-8-23-22)21-25-12-30(3)29-21;1-4-11(19)9-7-15-12(6-10(9)14)16-13-5-8(2)18(3)17-13;1-14-5-12-9(13-14)6-3-4-11-8(10)7(6)15-2;1-2-7(12)5-4-11-8(10)3-6(5)9;1-4-3-5(6)7-8(4)2/h7-12H,6H2,1-5H3,(H2,23,24,26,27,28);5-7H,4H2,1-3H3,(H,15,16,17);3-5H,1-2H3,(H2,10,11);3-4H,2H2,1H3;3H,1-2H3,(H2,6,7). The molecule has 0 unspecified atom stereocenters. The number of aromatic nitrogens is 17. The lowest BCUT2D eigenvalue weighted by Crippen LogP contribution is -2.07. The molecule has 456 valence electrons. The van der Waals surface area contributed by atoms with Crippen LogP contribution in [0.5, 0.6) is 11.5 Å². The molecule has 0 saturated carbocycles. The predicted octanol–water partition coefficient (Wildman–Crippen LogP) is 10.3. The van der Waals surface area contributed by atoms with Crippen molar-refractivity contribution in [3.8, 4) is 34.3 Å². The number of halogens is 3. The summed E-state index contributed by atoms with van der Waals surface area (Å²) < 4.78 is 19.3. The summed E-state index contributed by atoms with van der Waals surface area (Å²) >= 11 is 17.4. The van der Waals surface area contributed by atoms with Crippen molar-refractivity contribution in [2.75, 3.05) is 41.6 Å². The minimum Gasteiger partial charge on any atom is -0.492 e. The molecule has 0 aliphatic heterocycles. The maximum atomic E-state index is 12.6. The largest absolute Gasteiger partial charge is 0.492 e. The van der Waals surface area contributed by atoms with Crippen molar-refractivity contribution in [2.45, 2.75) is 60.8 Å². The number of ether oxygens (including phenoxy) is 2. The number of carbonyl (C=O) groups is 3. The van der Waals surface area contributed by atoms with Crippen LogP contribution in [-0.2, 0) is 35.2 Å². The molecule has 0 amide bonds. The van der Waals surface area contributed by atoms with Gasteiger partial charge in [-0.25, -0.2) is 34.9 Å². The fourth-order valence-corrected chi connectivity index (χ4v) is 8.39. The minimum atomic E-state index is -0.0493. The van der Waals surface area contributed by atoms with E-state index < -0.39 is 0 Å². The number of nitrogens with two attached hydrogens (primary N) is 2. The molecule has 0 aliphatic rings. The lowest BCUT2D eigenvalue weighted by Gasteiger charge is -2.15. The third-order valence-electron chi connectivity index (χ3n) is 12.5. The zero-order valence-corrected chi connectivity index (χ0v) is 52.5. The fourth-order valence-electron chi connectivity index (χ4n) is 7.66. The Morgan fingerprint density at radius 2 is 0.954 bits per heavy atom. The van der Waals surface area contributed by atoms with Crippen molar-refractivity contribution in [3.05, 3.63) is 141 Å². The van der Waals surface area contributed by atoms with Crippen molar-refractivity contribution < 1.29 is 23.9 Å². The lowest BCUT2D eigenvalue weighted by atomic mass is 10.1. The Kier molecular flexibility index (Phi) is 23.5. The highest BCUT2D eigenvalue weighted by atomic mass is 35.5. The number of nitrogen functional groups attached to an aromatic ring is 2. The highest BCUT2D eigenvalue weighted by Gasteiger charge is 2.20. The topological polar surface area (TPSA) is 337 Å². The Bertz CT molecular complexity index is 3940. The van der Waals surface area contributed by atoms with Gasteiger partial charge in [-0.15, -0.1) is 0 Å². The van der Waals surface area contributed by atoms with Crippen LogP contribution >= 0.6 is 34.8 Å². The van der Waals surface area contributed by atoms with Crippen LogP contribution in [0, 0.1) is 20.8 Å². The van der Waals surface area contributed by atoms with Gasteiger partial charge in [0.15, 0.2) is 63.8 Å². The first kappa shape index (κ1) is 66.3. The molecule has 87 heavy (non-hydrogen) atoms. The number of anilines is 8. The predicted molar refractivity (Wildman–Crippen MR) is 336 cm³/mol. The van der Waals surface area contributed by atoms with Gasteiger partial charge in [-0.1, -0.05) is 55.6 Å². The van der Waals surface area contributed by atoms with Crippen LogP contribution in [0.4, 0.5) is 46.4 Å². The Morgan fingerprint density at radius 3 is 1.37 bits per heavy atom. The van der Waals surface area contributed by atoms with E-state index in [1.807, 2.05) is 60.1 Å². The summed E-state index contributed by atoms with van der Waals surface area (Å²) in [5.74, 6) is 5.75. The Labute approximate surface area is 516 Å². The maximum Gasteiger partial charge on any atom is 0.185 e. The van der Waals surface area contributed by atoms with E-state index in [4.69, 9.17) is 55.7 Å². The summed E-state index contributed by atoms with van der Waals surface area (Å²) in [6, 6.07) is 14.0. The molecule has 30 heteroatoms. The SMILES string of the molecule is CCC(=O)c1cnc(Cl)cc1Cl.CCC(=O)c1cnc(Nc2cc(C)n(C)n2)cc1Cl.CCC(=O)c1cnc(Nc2cc(C)n(C)n2)cc1Nc1nccc(-c2ncn(C)n2)c1OC.COc1c(-c2ncn(C)n2)ccnc1N.Cc1cc(N)nn1C. The normalized spacial score (nSPS) is 10.4. The summed E-state index contributed by atoms with van der Waals surface area (Å²) in [5, 5.41) is 31.6. The minimum absolute atomic E-state index is 0.0160. The van der Waals surface area contributed by atoms with Gasteiger partial charge in [0.2, 0.25) is 0 Å². The first-order valence-corrected chi connectivity index (χ1v) is 27.8. The number of nitrogens with one attached hydrogen (secondary N) is 3. The van der Waals surface area contributed by atoms with Gasteiger partial charge >= 0.3 is 0 Å². The molecule has 10 heterocycles. The first-order chi connectivity index (χ1) is 41.5. The molecule has 0 aliphatic carbocycles. The van der Waals surface area contributed by atoms with E-state index in [0.29, 0.717) is 126 Å². The second kappa shape index (κ2) is 30.8. The summed E-state index contributed by atoms with van der Waals surface area (Å²) in [5.41, 5.74) is 17.4. The van der Waals surface area contributed by atoms with Crippen molar-refractivity contribution in [2.24, 2.45) is 35.2 Å². The third kappa shape index (κ3) is 17.8. The van der Waals surface area contributed by atoms with Crippen molar-refractivity contribution in [3.63, 3.8) is 0 Å². The van der Waals surface area contributed by atoms with Crippen molar-refractivity contribution in [1.82, 2.24) is 83.8 Å². The summed E-state index contributed by atoms with van der Waals surface area (Å²) in [7, 11) is 12.3. The van der Waals surface area contributed by atoms with E-state index in [-0.39, 0.29) is 17.3 Å². The number of nitrogens with zero attached hydrogens (tertiary/aromatic N) is 17. The molecule has 0 radical (unpaired) electrons. The fraction of sp³-hybridized carbons (Fsp3) is 0.281. The number of Topliss-reactive ketones (excluding diaryl/α,β-unsaturated/α-hetero) is 3. The highest BCUT2D eigenvalue weighted by molar-refractivity contribution is 6.36. The monoisotopic (exact) mass is 1240 g/mol. The Balaban J connectivity index is 0.000000190. The number of ketones is 3. The van der Waals surface area contributed by atoms with E-state index in [1.165, 1.54) is 18.5 Å². The quantitative estimate of drug-likeness (QED) is 0.0443. The molecule has 10 aromatic heterocycles. The maximum absolute atomic E-state index is 12.6. The third-order valence-corrected chi connectivity index (χ3v) is 13.3. The van der Waals surface area contributed by atoms with Gasteiger partial charge in [0.05, 0.1) is 57.8 Å². The number of pyridine rings is 5. The molecule has 0 aromatic carbocycles. The molecule has 0 bridgehead atoms. The number of methoxy groups -OCH3 is 2. The molecule has 0 atom stereocenters.